The van der Waals surface area contributed by atoms with E-state index in [0.29, 0.717) is 5.92 Å². The lowest BCUT2D eigenvalue weighted by atomic mass is 9.54. The predicted molar refractivity (Wildman–Crippen MR) is 60.4 cm³/mol. The van der Waals surface area contributed by atoms with E-state index in [4.69, 9.17) is 0 Å². The Hall–Kier alpha value is -0.820. The van der Waals surface area contributed by atoms with Crippen molar-refractivity contribution < 1.29 is 5.11 Å². The number of benzene rings is 1. The molecule has 0 radical (unpaired) electrons. The summed E-state index contributed by atoms with van der Waals surface area (Å²) < 4.78 is 0. The summed E-state index contributed by atoms with van der Waals surface area (Å²) in [5.41, 5.74) is 0.639. The molecule has 2 aliphatic rings. The minimum absolute atomic E-state index is 0.494. The second-order valence-corrected chi connectivity index (χ2v) is 5.15. The Morgan fingerprint density at radius 1 is 1.07 bits per heavy atom. The van der Waals surface area contributed by atoms with E-state index in [1.165, 1.54) is 25.7 Å². The summed E-state index contributed by atoms with van der Waals surface area (Å²) in [6.45, 7) is 0. The molecular weight excluding hydrogens is 184 g/mol. The summed E-state index contributed by atoms with van der Waals surface area (Å²) in [7, 11) is 0. The summed E-state index contributed by atoms with van der Waals surface area (Å²) in [5, 5.41) is 10.7. The number of fused-ring (bicyclic) bond motifs is 1. The molecule has 3 atom stereocenters. The van der Waals surface area contributed by atoms with Crippen LogP contribution in [-0.4, -0.2) is 5.11 Å². The average molecular weight is 202 g/mol. The lowest BCUT2D eigenvalue weighted by Crippen LogP contribution is -2.52. The normalized spacial score (nSPS) is 39.3. The Kier molecular flexibility index (Phi) is 2.10. The van der Waals surface area contributed by atoms with Crippen molar-refractivity contribution in [3.8, 4) is 0 Å². The lowest BCUT2D eigenvalue weighted by Gasteiger charge is -2.54. The molecule has 1 aromatic carbocycles. The minimum Gasteiger partial charge on any atom is -0.385 e. The van der Waals surface area contributed by atoms with E-state index in [2.05, 4.69) is 12.1 Å². The van der Waals surface area contributed by atoms with Crippen LogP contribution in [0.25, 0.3) is 0 Å². The third-order valence-electron chi connectivity index (χ3n) is 4.37. The molecule has 0 bridgehead atoms. The Balaban J connectivity index is 1.87. The second kappa shape index (κ2) is 3.34. The molecule has 0 spiro atoms. The molecule has 3 rings (SSSR count). The van der Waals surface area contributed by atoms with Crippen LogP contribution in [0.5, 0.6) is 0 Å². The van der Waals surface area contributed by atoms with Crippen molar-refractivity contribution in [2.45, 2.75) is 37.7 Å². The van der Waals surface area contributed by atoms with Crippen LogP contribution in [0.1, 0.15) is 37.7 Å². The molecule has 2 fully saturated rings. The zero-order valence-electron chi connectivity index (χ0n) is 9.02. The minimum atomic E-state index is -0.494. The maximum Gasteiger partial charge on any atom is 0.0930 e. The van der Waals surface area contributed by atoms with Gasteiger partial charge in [0.2, 0.25) is 0 Å². The zero-order valence-corrected chi connectivity index (χ0v) is 9.02. The van der Waals surface area contributed by atoms with E-state index in [0.717, 1.165) is 17.9 Å². The van der Waals surface area contributed by atoms with Gasteiger partial charge in [-0.2, -0.15) is 0 Å². The smallest absolute Gasteiger partial charge is 0.0930 e. The highest BCUT2D eigenvalue weighted by atomic mass is 16.3. The molecule has 1 N–H and O–H groups in total. The van der Waals surface area contributed by atoms with Crippen molar-refractivity contribution in [2.24, 2.45) is 11.8 Å². The van der Waals surface area contributed by atoms with Crippen LogP contribution in [-0.2, 0) is 5.60 Å². The quantitative estimate of drug-likeness (QED) is 0.742. The molecule has 1 aromatic rings. The Labute approximate surface area is 91.1 Å². The molecule has 2 saturated carbocycles. The molecule has 2 aliphatic carbocycles. The van der Waals surface area contributed by atoms with Crippen LogP contribution in [0.3, 0.4) is 0 Å². The fourth-order valence-electron chi connectivity index (χ4n) is 3.53. The number of hydrogen-bond acceptors (Lipinski definition) is 1. The summed E-state index contributed by atoms with van der Waals surface area (Å²) in [4.78, 5) is 0. The molecule has 15 heavy (non-hydrogen) atoms. The first-order valence-corrected chi connectivity index (χ1v) is 6.08. The first kappa shape index (κ1) is 9.41. The highest BCUT2D eigenvalue weighted by Crippen LogP contribution is 2.56. The van der Waals surface area contributed by atoms with E-state index in [1.807, 2.05) is 18.2 Å². The molecule has 1 heteroatoms. The van der Waals surface area contributed by atoms with Crippen molar-refractivity contribution in [1.82, 2.24) is 0 Å². The summed E-state index contributed by atoms with van der Waals surface area (Å²) in [5.74, 6) is 1.33. The van der Waals surface area contributed by atoms with Gasteiger partial charge in [0.05, 0.1) is 5.60 Å². The van der Waals surface area contributed by atoms with Crippen LogP contribution in [0.15, 0.2) is 30.3 Å². The first-order valence-electron chi connectivity index (χ1n) is 6.08. The maximum atomic E-state index is 10.7. The van der Waals surface area contributed by atoms with Gasteiger partial charge in [-0.05, 0) is 36.7 Å². The highest BCUT2D eigenvalue weighted by molar-refractivity contribution is 5.27. The van der Waals surface area contributed by atoms with Crippen molar-refractivity contribution in [2.75, 3.05) is 0 Å². The van der Waals surface area contributed by atoms with E-state index in [1.54, 1.807) is 0 Å². The fourth-order valence-corrected chi connectivity index (χ4v) is 3.53. The maximum absolute atomic E-state index is 10.7. The molecule has 0 saturated heterocycles. The van der Waals surface area contributed by atoms with Crippen LogP contribution >= 0.6 is 0 Å². The van der Waals surface area contributed by atoms with Gasteiger partial charge in [-0.25, -0.2) is 0 Å². The summed E-state index contributed by atoms with van der Waals surface area (Å²) in [6, 6.07) is 10.2. The van der Waals surface area contributed by atoms with Gasteiger partial charge in [0.1, 0.15) is 0 Å². The van der Waals surface area contributed by atoms with E-state index in [9.17, 15) is 5.11 Å². The molecule has 0 aliphatic heterocycles. The Bertz CT molecular complexity index is 346. The van der Waals surface area contributed by atoms with Crippen molar-refractivity contribution in [1.29, 1.82) is 0 Å². The number of hydrogen-bond donors (Lipinski definition) is 1. The average Bonchev–Trinajstić information content (AvgIpc) is 2.29. The third kappa shape index (κ3) is 1.33. The van der Waals surface area contributed by atoms with Gasteiger partial charge >= 0.3 is 0 Å². The van der Waals surface area contributed by atoms with E-state index >= 15 is 0 Å². The molecule has 0 heterocycles. The molecule has 1 nitrogen and oxygen atoms in total. The van der Waals surface area contributed by atoms with Crippen molar-refractivity contribution in [3.63, 3.8) is 0 Å². The van der Waals surface area contributed by atoms with Gasteiger partial charge in [0.15, 0.2) is 0 Å². The lowest BCUT2D eigenvalue weighted by molar-refractivity contribution is -0.161. The number of rotatable bonds is 1. The van der Waals surface area contributed by atoms with E-state index < -0.39 is 5.60 Å². The third-order valence-corrected chi connectivity index (χ3v) is 4.37. The topological polar surface area (TPSA) is 20.2 Å². The molecule has 80 valence electrons. The monoisotopic (exact) mass is 202 g/mol. The Morgan fingerprint density at radius 2 is 1.80 bits per heavy atom. The second-order valence-electron chi connectivity index (χ2n) is 5.15. The first-order chi connectivity index (χ1) is 7.31. The van der Waals surface area contributed by atoms with Gasteiger partial charge in [0.25, 0.3) is 0 Å². The van der Waals surface area contributed by atoms with Crippen molar-refractivity contribution >= 4 is 0 Å². The van der Waals surface area contributed by atoms with E-state index in [-0.39, 0.29) is 0 Å². The largest absolute Gasteiger partial charge is 0.385 e. The molecule has 1 unspecified atom stereocenters. The SMILES string of the molecule is OC1(c2ccccc2)C[C@H]2CCCC[C@H]21. The predicted octanol–water partition coefficient (Wildman–Crippen LogP) is 3.08. The van der Waals surface area contributed by atoms with Gasteiger partial charge in [-0.3, -0.25) is 0 Å². The highest BCUT2D eigenvalue weighted by Gasteiger charge is 2.53. The summed E-state index contributed by atoms with van der Waals surface area (Å²) in [6.07, 6.45) is 6.21. The van der Waals surface area contributed by atoms with Crippen LogP contribution in [0, 0.1) is 11.8 Å². The van der Waals surface area contributed by atoms with Gasteiger partial charge < -0.3 is 5.11 Å². The van der Waals surface area contributed by atoms with Crippen molar-refractivity contribution in [3.05, 3.63) is 35.9 Å². The van der Waals surface area contributed by atoms with Crippen LogP contribution in [0.4, 0.5) is 0 Å². The fraction of sp³-hybridized carbons (Fsp3) is 0.571. The molecule has 0 amide bonds. The standard InChI is InChI=1S/C14H18O/c15-14(12-7-2-1-3-8-12)10-11-6-4-5-9-13(11)14/h1-3,7-8,11,13,15H,4-6,9-10H2/t11-,13-,14?/m1/s1. The Morgan fingerprint density at radius 3 is 2.53 bits per heavy atom. The zero-order chi connectivity index (χ0) is 10.3. The van der Waals surface area contributed by atoms with Crippen LogP contribution in [0.2, 0.25) is 0 Å². The number of aliphatic hydroxyl groups is 1. The van der Waals surface area contributed by atoms with Gasteiger partial charge in [0, 0.05) is 0 Å². The van der Waals surface area contributed by atoms with Crippen LogP contribution < -0.4 is 0 Å². The van der Waals surface area contributed by atoms with Gasteiger partial charge in [-0.1, -0.05) is 43.2 Å². The summed E-state index contributed by atoms with van der Waals surface area (Å²) >= 11 is 0. The molecule has 0 aromatic heterocycles. The van der Waals surface area contributed by atoms with Gasteiger partial charge in [-0.15, -0.1) is 0 Å². The molecular formula is C14H18O.